The molecule has 2 fully saturated rings. The molecule has 2 aliphatic heterocycles. The number of hydrogen-bond donors (Lipinski definition) is 2. The Balaban J connectivity index is 2.05. The summed E-state index contributed by atoms with van der Waals surface area (Å²) in [6, 6.07) is 9.33. The number of carbonyl (C=O) groups is 3. The molecule has 1 aromatic rings. The molecule has 0 radical (unpaired) electrons. The van der Waals surface area contributed by atoms with Gasteiger partial charge < -0.3 is 25.0 Å². The minimum atomic E-state index is -1.16. The van der Waals surface area contributed by atoms with Gasteiger partial charge in [0.05, 0.1) is 6.67 Å². The first-order valence-electron chi connectivity index (χ1n) is 9.42. The Morgan fingerprint density at radius 3 is 2.57 bits per heavy atom. The van der Waals surface area contributed by atoms with Gasteiger partial charge in [0.2, 0.25) is 0 Å². The van der Waals surface area contributed by atoms with Crippen molar-refractivity contribution in [3.05, 3.63) is 30.3 Å². The molecule has 8 nitrogen and oxygen atoms in total. The van der Waals surface area contributed by atoms with Crippen molar-refractivity contribution in [1.29, 1.82) is 0 Å². The van der Waals surface area contributed by atoms with Crippen molar-refractivity contribution in [2.24, 2.45) is 5.92 Å². The molecule has 2 aliphatic rings. The van der Waals surface area contributed by atoms with Gasteiger partial charge in [0.25, 0.3) is 5.91 Å². The lowest BCUT2D eigenvalue weighted by Gasteiger charge is -2.45. The third-order valence-electron chi connectivity index (χ3n) is 5.14. The smallest absolute Gasteiger partial charge is 0.323 e. The molecular weight excluding hydrogens is 362 g/mol. The zero-order chi connectivity index (χ0) is 20.5. The molecule has 0 aromatic heterocycles. The fourth-order valence-electron chi connectivity index (χ4n) is 4.05. The molecular formula is C20H27N3O5. The fraction of sp³-hybridized carbons (Fsp3) is 0.550. The molecule has 0 aliphatic carbocycles. The second-order valence-electron chi connectivity index (χ2n) is 8.27. The van der Waals surface area contributed by atoms with Gasteiger partial charge in [-0.25, -0.2) is 0 Å². The average molecular weight is 389 g/mol. The summed E-state index contributed by atoms with van der Waals surface area (Å²) in [6.07, 6.45) is 0.390. The molecule has 1 amide bonds. The summed E-state index contributed by atoms with van der Waals surface area (Å²) in [4.78, 5) is 41.0. The Kier molecular flexibility index (Phi) is 5.34. The van der Waals surface area contributed by atoms with E-state index < -0.39 is 35.5 Å². The second-order valence-corrected chi connectivity index (χ2v) is 8.27. The van der Waals surface area contributed by atoms with Gasteiger partial charge in [0.15, 0.2) is 0 Å². The van der Waals surface area contributed by atoms with E-state index in [1.807, 2.05) is 35.2 Å². The first-order chi connectivity index (χ1) is 13.1. The SMILES string of the molecule is CC(C)(C)OC(=O)[C@H]1CNCC[C@@]12C(=O)N(CC(=O)O)CN2c1ccccc1. The Morgan fingerprint density at radius 2 is 1.96 bits per heavy atom. The lowest BCUT2D eigenvalue weighted by atomic mass is 9.76. The number of hydrogen-bond acceptors (Lipinski definition) is 6. The van der Waals surface area contributed by atoms with Crippen LogP contribution in [0.5, 0.6) is 0 Å². The van der Waals surface area contributed by atoms with Gasteiger partial charge in [-0.05, 0) is 45.9 Å². The van der Waals surface area contributed by atoms with Crippen LogP contribution in [-0.4, -0.2) is 65.3 Å². The maximum absolute atomic E-state index is 13.5. The van der Waals surface area contributed by atoms with E-state index in [4.69, 9.17) is 4.74 Å². The van der Waals surface area contributed by atoms with Gasteiger partial charge in [-0.1, -0.05) is 18.2 Å². The number of piperidine rings is 1. The largest absolute Gasteiger partial charge is 0.480 e. The van der Waals surface area contributed by atoms with Crippen LogP contribution in [0.25, 0.3) is 0 Å². The van der Waals surface area contributed by atoms with E-state index in [2.05, 4.69) is 5.32 Å². The van der Waals surface area contributed by atoms with Crippen molar-refractivity contribution in [3.8, 4) is 0 Å². The van der Waals surface area contributed by atoms with Gasteiger partial charge in [-0.2, -0.15) is 0 Å². The van der Waals surface area contributed by atoms with Crippen LogP contribution >= 0.6 is 0 Å². The van der Waals surface area contributed by atoms with Crippen LogP contribution in [0.15, 0.2) is 30.3 Å². The number of nitrogens with one attached hydrogen (secondary N) is 1. The average Bonchev–Trinajstić information content (AvgIpc) is 2.87. The van der Waals surface area contributed by atoms with Crippen molar-refractivity contribution in [3.63, 3.8) is 0 Å². The molecule has 3 rings (SSSR count). The zero-order valence-electron chi connectivity index (χ0n) is 16.5. The fourth-order valence-corrected chi connectivity index (χ4v) is 4.05. The highest BCUT2D eigenvalue weighted by molar-refractivity contribution is 5.99. The summed E-state index contributed by atoms with van der Waals surface area (Å²) in [6.45, 7) is 5.93. The lowest BCUT2D eigenvalue weighted by molar-refractivity contribution is -0.165. The number of aliphatic carboxylic acids is 1. The predicted molar refractivity (Wildman–Crippen MR) is 103 cm³/mol. The molecule has 0 bridgehead atoms. The summed E-state index contributed by atoms with van der Waals surface area (Å²) in [5, 5.41) is 12.4. The van der Waals surface area contributed by atoms with E-state index in [1.54, 1.807) is 20.8 Å². The van der Waals surface area contributed by atoms with E-state index in [-0.39, 0.29) is 12.6 Å². The number of carboxylic acid groups (broad SMARTS) is 1. The number of para-hydroxylation sites is 1. The summed E-state index contributed by atoms with van der Waals surface area (Å²) >= 11 is 0. The molecule has 1 aromatic carbocycles. The molecule has 28 heavy (non-hydrogen) atoms. The van der Waals surface area contributed by atoms with Crippen LogP contribution in [0.1, 0.15) is 27.2 Å². The quantitative estimate of drug-likeness (QED) is 0.743. The van der Waals surface area contributed by atoms with Gasteiger partial charge >= 0.3 is 11.9 Å². The number of nitrogens with zero attached hydrogens (tertiary/aromatic N) is 2. The number of carbonyl (C=O) groups excluding carboxylic acids is 2. The van der Waals surface area contributed by atoms with Crippen LogP contribution in [-0.2, 0) is 19.1 Å². The van der Waals surface area contributed by atoms with Gasteiger partial charge in [0, 0.05) is 12.2 Å². The summed E-state index contributed by atoms with van der Waals surface area (Å²) < 4.78 is 5.62. The molecule has 152 valence electrons. The van der Waals surface area contributed by atoms with Crippen LogP contribution in [0, 0.1) is 5.92 Å². The van der Waals surface area contributed by atoms with Crippen molar-refractivity contribution in [1.82, 2.24) is 10.2 Å². The van der Waals surface area contributed by atoms with E-state index in [0.717, 1.165) is 5.69 Å². The van der Waals surface area contributed by atoms with Crippen molar-refractivity contribution in [2.45, 2.75) is 38.3 Å². The van der Waals surface area contributed by atoms with Crippen LogP contribution in [0.3, 0.4) is 0 Å². The van der Waals surface area contributed by atoms with Crippen molar-refractivity contribution >= 4 is 23.5 Å². The highest BCUT2D eigenvalue weighted by Crippen LogP contribution is 2.42. The second kappa shape index (κ2) is 7.43. The highest BCUT2D eigenvalue weighted by Gasteiger charge is 2.61. The zero-order valence-corrected chi connectivity index (χ0v) is 16.5. The first kappa shape index (κ1) is 20.1. The summed E-state index contributed by atoms with van der Waals surface area (Å²) in [5.74, 6) is -2.62. The Bertz CT molecular complexity index is 761. The Labute approximate surface area is 164 Å². The minimum absolute atomic E-state index is 0.119. The van der Waals surface area contributed by atoms with E-state index in [1.165, 1.54) is 4.90 Å². The molecule has 2 N–H and O–H groups in total. The molecule has 1 spiro atoms. The van der Waals surface area contributed by atoms with Crippen LogP contribution < -0.4 is 10.2 Å². The highest BCUT2D eigenvalue weighted by atomic mass is 16.6. The monoisotopic (exact) mass is 389 g/mol. The van der Waals surface area contributed by atoms with Gasteiger partial charge in [-0.3, -0.25) is 14.4 Å². The number of benzene rings is 1. The van der Waals surface area contributed by atoms with E-state index >= 15 is 0 Å². The number of ether oxygens (including phenoxy) is 1. The molecule has 8 heteroatoms. The number of amides is 1. The predicted octanol–water partition coefficient (Wildman–Crippen LogP) is 1.07. The molecule has 0 saturated carbocycles. The van der Waals surface area contributed by atoms with Crippen molar-refractivity contribution < 1.29 is 24.2 Å². The van der Waals surface area contributed by atoms with Crippen LogP contribution in [0.4, 0.5) is 5.69 Å². The summed E-state index contributed by atoms with van der Waals surface area (Å²) in [5.41, 5.74) is -1.07. The topological polar surface area (TPSA) is 99.2 Å². The number of rotatable bonds is 4. The number of anilines is 1. The Morgan fingerprint density at radius 1 is 1.29 bits per heavy atom. The lowest BCUT2D eigenvalue weighted by Crippen LogP contribution is -2.64. The normalized spacial score (nSPS) is 25.2. The number of esters is 1. The maximum Gasteiger partial charge on any atom is 0.323 e. The molecule has 2 saturated heterocycles. The van der Waals surface area contributed by atoms with Gasteiger partial charge in [0.1, 0.15) is 23.6 Å². The van der Waals surface area contributed by atoms with Crippen LogP contribution in [0.2, 0.25) is 0 Å². The first-order valence-corrected chi connectivity index (χ1v) is 9.42. The van der Waals surface area contributed by atoms with Crippen molar-refractivity contribution in [2.75, 3.05) is 31.2 Å². The number of carboxylic acids is 1. The molecule has 2 atom stereocenters. The third-order valence-corrected chi connectivity index (χ3v) is 5.14. The summed E-state index contributed by atoms with van der Waals surface area (Å²) in [7, 11) is 0. The van der Waals surface area contributed by atoms with E-state index in [0.29, 0.717) is 19.5 Å². The van der Waals surface area contributed by atoms with E-state index in [9.17, 15) is 19.5 Å². The third kappa shape index (κ3) is 3.69. The van der Waals surface area contributed by atoms with Gasteiger partial charge in [-0.15, -0.1) is 0 Å². The minimum Gasteiger partial charge on any atom is -0.480 e. The molecule has 2 heterocycles. The maximum atomic E-state index is 13.5. The Hall–Kier alpha value is -2.61. The molecule has 0 unspecified atom stereocenters. The standard InChI is InChI=1S/C20H27N3O5/c1-19(2,3)28-17(26)15-11-21-10-9-20(15)18(27)22(12-16(24)25)13-23(20)14-7-5-4-6-8-14/h4-8,15,21H,9-13H2,1-3H3,(H,24,25)/t15-,20+/m1/s1.